The predicted octanol–water partition coefficient (Wildman–Crippen LogP) is 7.13. The maximum Gasteiger partial charge on any atom is 0.111 e. The highest BCUT2D eigenvalue weighted by molar-refractivity contribution is 5.91. The highest BCUT2D eigenvalue weighted by atomic mass is 15.1. The van der Waals surface area contributed by atoms with Crippen molar-refractivity contribution >= 4 is 10.9 Å². The van der Waals surface area contributed by atoms with Crippen molar-refractivity contribution in [2.45, 2.75) is 25.3 Å². The van der Waals surface area contributed by atoms with Gasteiger partial charge in [0.1, 0.15) is 5.69 Å². The summed E-state index contributed by atoms with van der Waals surface area (Å²) in [6, 6.07) is 31.7. The number of benzene rings is 2. The first kappa shape index (κ1) is 24.4. The van der Waals surface area contributed by atoms with E-state index in [1.54, 1.807) is 6.20 Å². The number of aromatic amines is 1. The molecule has 0 aliphatic carbocycles. The molecule has 1 saturated heterocycles. The van der Waals surface area contributed by atoms with E-state index in [4.69, 9.17) is 4.98 Å². The molecule has 1 aliphatic rings. The van der Waals surface area contributed by atoms with Crippen LogP contribution in [0, 0.1) is 0 Å². The number of pyridine rings is 3. The summed E-state index contributed by atoms with van der Waals surface area (Å²) in [4.78, 5) is 16.3. The number of likely N-dealkylation sites (tertiary alicyclic amines) is 1. The molecule has 0 bridgehead atoms. The Morgan fingerprint density at radius 1 is 0.775 bits per heavy atom. The Balaban J connectivity index is 1.05. The van der Waals surface area contributed by atoms with Gasteiger partial charge in [0.05, 0.1) is 16.9 Å². The Labute approximate surface area is 233 Å². The largest absolute Gasteiger partial charge is 0.299 e. The van der Waals surface area contributed by atoms with Crippen LogP contribution in [0.2, 0.25) is 0 Å². The standard InChI is InChI=1S/C34H30N6/c1-2-6-25(7-3-1)29-20-28-22-35-17-13-30(28)37-34(29)27-11-9-24(10-12-27)23-40-18-14-26(15-19-40)32-21-33(39-38-32)31-8-4-5-16-36-31/h1-13,16-17,20-22,26H,14-15,18-19,23H2,(H,38,39). The minimum absolute atomic E-state index is 0.508. The molecule has 1 aliphatic heterocycles. The molecule has 0 amide bonds. The van der Waals surface area contributed by atoms with Gasteiger partial charge in [0.15, 0.2) is 0 Å². The zero-order valence-electron chi connectivity index (χ0n) is 22.2. The lowest BCUT2D eigenvalue weighted by atomic mass is 9.93. The monoisotopic (exact) mass is 522 g/mol. The van der Waals surface area contributed by atoms with E-state index in [-0.39, 0.29) is 0 Å². The number of piperidine rings is 1. The number of hydrogen-bond acceptors (Lipinski definition) is 5. The zero-order chi connectivity index (χ0) is 26.7. The summed E-state index contributed by atoms with van der Waals surface area (Å²) in [5, 5.41) is 8.83. The highest BCUT2D eigenvalue weighted by Crippen LogP contribution is 2.34. The Bertz CT molecular complexity index is 1720. The first-order valence-electron chi connectivity index (χ1n) is 13.9. The molecule has 5 heterocycles. The number of fused-ring (bicyclic) bond motifs is 1. The van der Waals surface area contributed by atoms with Crippen molar-refractivity contribution in [1.29, 1.82) is 0 Å². The fraction of sp³-hybridized carbons (Fsp3) is 0.176. The van der Waals surface area contributed by atoms with Gasteiger partial charge >= 0.3 is 0 Å². The quantitative estimate of drug-likeness (QED) is 0.252. The van der Waals surface area contributed by atoms with E-state index >= 15 is 0 Å². The second-order valence-electron chi connectivity index (χ2n) is 10.5. The summed E-state index contributed by atoms with van der Waals surface area (Å²) in [5.74, 6) is 0.508. The smallest absolute Gasteiger partial charge is 0.111 e. The average molecular weight is 523 g/mol. The molecule has 4 aromatic heterocycles. The van der Waals surface area contributed by atoms with Gasteiger partial charge in [0.25, 0.3) is 0 Å². The van der Waals surface area contributed by atoms with Gasteiger partial charge in [-0.3, -0.25) is 20.0 Å². The molecule has 40 heavy (non-hydrogen) atoms. The summed E-state index contributed by atoms with van der Waals surface area (Å²) in [6.45, 7) is 3.10. The highest BCUT2D eigenvalue weighted by Gasteiger charge is 2.23. The predicted molar refractivity (Wildman–Crippen MR) is 159 cm³/mol. The molecule has 2 aromatic carbocycles. The third kappa shape index (κ3) is 5.01. The topological polar surface area (TPSA) is 70.6 Å². The van der Waals surface area contributed by atoms with E-state index < -0.39 is 0 Å². The van der Waals surface area contributed by atoms with Gasteiger partial charge in [0, 0.05) is 53.3 Å². The molecule has 7 rings (SSSR count). The van der Waals surface area contributed by atoms with Crippen molar-refractivity contribution in [1.82, 2.24) is 30.0 Å². The first-order valence-corrected chi connectivity index (χ1v) is 13.9. The van der Waals surface area contributed by atoms with Crippen molar-refractivity contribution in [2.24, 2.45) is 0 Å². The Morgan fingerprint density at radius 3 is 2.40 bits per heavy atom. The molecule has 6 nitrogen and oxygen atoms in total. The molecule has 196 valence electrons. The van der Waals surface area contributed by atoms with E-state index in [1.807, 2.05) is 42.7 Å². The van der Waals surface area contributed by atoms with Gasteiger partial charge in [-0.15, -0.1) is 0 Å². The van der Waals surface area contributed by atoms with Gasteiger partial charge in [-0.2, -0.15) is 5.10 Å². The summed E-state index contributed by atoms with van der Waals surface area (Å²) >= 11 is 0. The van der Waals surface area contributed by atoms with E-state index in [0.717, 1.165) is 77.2 Å². The normalized spacial score (nSPS) is 14.5. The molecular formula is C34H30N6. The SMILES string of the molecule is c1ccc(-c2cc3cnccc3nc2-c2ccc(CN3CCC(c4cc(-c5ccccn5)n[nH]4)CC3)cc2)cc1. The Kier molecular flexibility index (Phi) is 6.60. The fourth-order valence-electron chi connectivity index (χ4n) is 5.69. The van der Waals surface area contributed by atoms with Crippen LogP contribution in [0.5, 0.6) is 0 Å². The van der Waals surface area contributed by atoms with Crippen LogP contribution in [0.3, 0.4) is 0 Å². The number of nitrogens with one attached hydrogen (secondary N) is 1. The molecule has 0 radical (unpaired) electrons. The summed E-state index contributed by atoms with van der Waals surface area (Å²) in [7, 11) is 0. The fourth-order valence-corrected chi connectivity index (χ4v) is 5.69. The third-order valence-electron chi connectivity index (χ3n) is 7.89. The van der Waals surface area contributed by atoms with Gasteiger partial charge in [-0.25, -0.2) is 4.98 Å². The number of nitrogens with zero attached hydrogens (tertiary/aromatic N) is 5. The van der Waals surface area contributed by atoms with Crippen LogP contribution >= 0.6 is 0 Å². The van der Waals surface area contributed by atoms with Gasteiger partial charge in [-0.1, -0.05) is 60.7 Å². The number of rotatable bonds is 6. The van der Waals surface area contributed by atoms with E-state index in [0.29, 0.717) is 5.92 Å². The van der Waals surface area contributed by atoms with Crippen molar-refractivity contribution in [3.63, 3.8) is 0 Å². The zero-order valence-corrected chi connectivity index (χ0v) is 22.2. The maximum absolute atomic E-state index is 5.06. The lowest BCUT2D eigenvalue weighted by Crippen LogP contribution is -2.32. The molecule has 0 spiro atoms. The van der Waals surface area contributed by atoms with Gasteiger partial charge in [-0.05, 0) is 67.4 Å². The third-order valence-corrected chi connectivity index (χ3v) is 7.89. The number of H-pyrrole nitrogens is 1. The molecule has 1 fully saturated rings. The van der Waals surface area contributed by atoms with Crippen LogP contribution in [0.4, 0.5) is 0 Å². The molecule has 6 aromatic rings. The lowest BCUT2D eigenvalue weighted by Gasteiger charge is -2.31. The molecule has 6 heteroatoms. The van der Waals surface area contributed by atoms with Crippen molar-refractivity contribution in [3.8, 4) is 33.8 Å². The van der Waals surface area contributed by atoms with Gasteiger partial charge < -0.3 is 0 Å². The van der Waals surface area contributed by atoms with E-state index in [9.17, 15) is 0 Å². The molecule has 0 saturated carbocycles. The lowest BCUT2D eigenvalue weighted by molar-refractivity contribution is 0.203. The Hall–Kier alpha value is -4.68. The minimum atomic E-state index is 0.508. The summed E-state index contributed by atoms with van der Waals surface area (Å²) < 4.78 is 0. The second kappa shape index (κ2) is 10.8. The van der Waals surface area contributed by atoms with Crippen LogP contribution in [0.25, 0.3) is 44.7 Å². The molecule has 1 N–H and O–H groups in total. The second-order valence-corrected chi connectivity index (χ2v) is 10.5. The van der Waals surface area contributed by atoms with Crippen LogP contribution in [0.1, 0.15) is 30.0 Å². The molecular weight excluding hydrogens is 492 g/mol. The van der Waals surface area contributed by atoms with Crippen molar-refractivity contribution in [2.75, 3.05) is 13.1 Å². The minimum Gasteiger partial charge on any atom is -0.299 e. The van der Waals surface area contributed by atoms with Gasteiger partial charge in [0.2, 0.25) is 0 Å². The average Bonchev–Trinajstić information content (AvgIpc) is 3.53. The van der Waals surface area contributed by atoms with Crippen LogP contribution in [0.15, 0.2) is 110 Å². The maximum atomic E-state index is 5.06. The summed E-state index contributed by atoms with van der Waals surface area (Å²) in [5.41, 5.74) is 9.76. The van der Waals surface area contributed by atoms with Crippen molar-refractivity contribution < 1.29 is 0 Å². The number of hydrogen-bond donors (Lipinski definition) is 1. The number of aromatic nitrogens is 5. The molecule has 0 atom stereocenters. The van der Waals surface area contributed by atoms with Crippen molar-refractivity contribution in [3.05, 3.63) is 121 Å². The van der Waals surface area contributed by atoms with Crippen LogP contribution < -0.4 is 0 Å². The first-order chi connectivity index (χ1) is 19.8. The molecule has 0 unspecified atom stereocenters. The van der Waals surface area contributed by atoms with E-state index in [2.05, 4.69) is 85.7 Å². The van der Waals surface area contributed by atoms with Crippen LogP contribution in [-0.2, 0) is 6.54 Å². The van der Waals surface area contributed by atoms with E-state index in [1.165, 1.54) is 11.3 Å². The van der Waals surface area contributed by atoms with Crippen LogP contribution in [-0.4, -0.2) is 43.1 Å². The summed E-state index contributed by atoms with van der Waals surface area (Å²) in [6.07, 6.45) is 7.75. The Morgan fingerprint density at radius 2 is 1.60 bits per heavy atom.